The lowest BCUT2D eigenvalue weighted by Crippen LogP contribution is -2.58. The van der Waals surface area contributed by atoms with Crippen molar-refractivity contribution in [2.24, 2.45) is 17.2 Å². The normalized spacial score (nSPS) is 13.7. The van der Waals surface area contributed by atoms with Gasteiger partial charge < -0.3 is 48.5 Å². The van der Waals surface area contributed by atoms with Crippen molar-refractivity contribution in [3.05, 3.63) is 29.8 Å². The molecule has 1 aromatic rings. The van der Waals surface area contributed by atoms with Crippen molar-refractivity contribution in [1.82, 2.24) is 16.0 Å². The molecule has 0 heterocycles. The highest BCUT2D eigenvalue weighted by atomic mass is 16.4. The van der Waals surface area contributed by atoms with Crippen LogP contribution >= 0.6 is 0 Å². The molecule has 16 nitrogen and oxygen atoms in total. The van der Waals surface area contributed by atoms with Crippen molar-refractivity contribution < 1.29 is 48.9 Å². The second kappa shape index (κ2) is 15.5. The van der Waals surface area contributed by atoms with Crippen molar-refractivity contribution in [3.63, 3.8) is 0 Å². The topological polar surface area (TPSA) is 294 Å². The number of amides is 5. The molecule has 0 saturated heterocycles. The zero-order chi connectivity index (χ0) is 29.7. The zero-order valence-electron chi connectivity index (χ0n) is 20.8. The molecule has 0 aromatic heterocycles. The fourth-order valence-corrected chi connectivity index (χ4v) is 3.27. The number of rotatable bonds is 17. The van der Waals surface area contributed by atoms with Gasteiger partial charge in [-0.1, -0.05) is 12.1 Å². The van der Waals surface area contributed by atoms with Gasteiger partial charge in [0.25, 0.3) is 0 Å². The summed E-state index contributed by atoms with van der Waals surface area (Å²) in [6.45, 7) is 0. The molecule has 4 atom stereocenters. The lowest BCUT2D eigenvalue weighted by molar-refractivity contribution is -0.144. The molecule has 4 unspecified atom stereocenters. The molecule has 12 N–H and O–H groups in total. The second-order valence-corrected chi connectivity index (χ2v) is 8.61. The zero-order valence-corrected chi connectivity index (χ0v) is 20.8. The first-order valence-electron chi connectivity index (χ1n) is 11.6. The molecule has 16 heteroatoms. The Bertz CT molecular complexity index is 1080. The fraction of sp³-hybridized carbons (Fsp3) is 0.435. The van der Waals surface area contributed by atoms with Gasteiger partial charge in [-0.05, 0) is 30.5 Å². The molecule has 5 amide bonds. The maximum Gasteiger partial charge on any atom is 0.326 e. The minimum absolute atomic E-state index is 0.0633. The Morgan fingerprint density at radius 1 is 0.718 bits per heavy atom. The SMILES string of the molecule is NC(=O)CCC(N)C(=O)NC(Cc1ccc(O)cc1)C(=O)NC(CCC(=O)O)C(=O)NC(CC(N)=O)C(=O)O. The molecule has 0 aliphatic rings. The lowest BCUT2D eigenvalue weighted by atomic mass is 10.0. The number of carboxylic acids is 2. The standard InChI is InChI=1S/C23H32N6O10/c24-13(5-7-17(25)31)20(35)28-15(9-11-1-3-12(30)4-2-11)22(37)27-14(6-8-19(33)34)21(36)29-16(23(38)39)10-18(26)32/h1-4,13-16,30H,5-10,24H2,(H2,25,31)(H2,26,32)(H,27,37)(H,28,35)(H,29,36)(H,33,34)(H,38,39). The van der Waals surface area contributed by atoms with Crippen LogP contribution in [0.2, 0.25) is 0 Å². The van der Waals surface area contributed by atoms with Crippen molar-refractivity contribution in [3.8, 4) is 5.75 Å². The molecule has 0 bridgehead atoms. The third-order valence-corrected chi connectivity index (χ3v) is 5.35. The molecule has 214 valence electrons. The summed E-state index contributed by atoms with van der Waals surface area (Å²) in [6.07, 6.45) is -2.30. The quantitative estimate of drug-likeness (QED) is 0.0927. The molecule has 0 radical (unpaired) electrons. The Morgan fingerprint density at radius 2 is 1.26 bits per heavy atom. The van der Waals surface area contributed by atoms with Crippen LogP contribution in [0.1, 0.15) is 37.7 Å². The van der Waals surface area contributed by atoms with Crippen LogP contribution in [0, 0.1) is 0 Å². The van der Waals surface area contributed by atoms with Gasteiger partial charge in [-0.25, -0.2) is 4.79 Å². The lowest BCUT2D eigenvalue weighted by Gasteiger charge is -2.25. The number of carboxylic acid groups (broad SMARTS) is 2. The first-order valence-corrected chi connectivity index (χ1v) is 11.6. The average Bonchev–Trinajstić information content (AvgIpc) is 2.84. The minimum atomic E-state index is -1.74. The Balaban J connectivity index is 3.17. The largest absolute Gasteiger partial charge is 0.508 e. The molecular formula is C23H32N6O10. The maximum atomic E-state index is 13.2. The van der Waals surface area contributed by atoms with E-state index in [0.29, 0.717) is 5.56 Å². The van der Waals surface area contributed by atoms with Crippen molar-refractivity contribution in [1.29, 1.82) is 0 Å². The van der Waals surface area contributed by atoms with Crippen molar-refractivity contribution in [2.45, 2.75) is 62.7 Å². The highest BCUT2D eigenvalue weighted by Gasteiger charge is 2.31. The van der Waals surface area contributed by atoms with Crippen LogP contribution in [0.15, 0.2) is 24.3 Å². The third-order valence-electron chi connectivity index (χ3n) is 5.35. The van der Waals surface area contributed by atoms with E-state index in [-0.39, 0.29) is 25.0 Å². The predicted molar refractivity (Wildman–Crippen MR) is 132 cm³/mol. The van der Waals surface area contributed by atoms with E-state index < -0.39 is 84.9 Å². The van der Waals surface area contributed by atoms with E-state index in [1.165, 1.54) is 24.3 Å². The van der Waals surface area contributed by atoms with E-state index in [0.717, 1.165) is 0 Å². The predicted octanol–water partition coefficient (Wildman–Crippen LogP) is -3.19. The number of hydrogen-bond donors (Lipinski definition) is 9. The third kappa shape index (κ3) is 12.4. The molecule has 39 heavy (non-hydrogen) atoms. The first kappa shape index (κ1) is 32.3. The molecule has 0 spiro atoms. The smallest absolute Gasteiger partial charge is 0.326 e. The van der Waals surface area contributed by atoms with Crippen LogP contribution in [0.5, 0.6) is 5.75 Å². The Kier molecular flexibility index (Phi) is 12.8. The molecule has 1 aromatic carbocycles. The van der Waals surface area contributed by atoms with Gasteiger partial charge in [-0.15, -0.1) is 0 Å². The molecule has 0 saturated carbocycles. The summed E-state index contributed by atoms with van der Waals surface area (Å²) in [4.78, 5) is 83.2. The van der Waals surface area contributed by atoms with Crippen LogP contribution in [0.3, 0.4) is 0 Å². The summed E-state index contributed by atoms with van der Waals surface area (Å²) in [6, 6.07) is -0.320. The summed E-state index contributed by atoms with van der Waals surface area (Å²) in [7, 11) is 0. The number of benzene rings is 1. The number of carbonyl (C=O) groups excluding carboxylic acids is 5. The monoisotopic (exact) mass is 552 g/mol. The highest BCUT2D eigenvalue weighted by Crippen LogP contribution is 2.12. The van der Waals surface area contributed by atoms with Crippen molar-refractivity contribution in [2.75, 3.05) is 0 Å². The number of phenolic OH excluding ortho intramolecular Hbond substituents is 1. The molecular weight excluding hydrogens is 520 g/mol. The number of nitrogens with one attached hydrogen (secondary N) is 3. The second-order valence-electron chi connectivity index (χ2n) is 8.61. The maximum absolute atomic E-state index is 13.2. The van der Waals surface area contributed by atoms with Gasteiger partial charge in [0, 0.05) is 19.3 Å². The van der Waals surface area contributed by atoms with E-state index in [4.69, 9.17) is 22.3 Å². The fourth-order valence-electron chi connectivity index (χ4n) is 3.27. The summed E-state index contributed by atoms with van der Waals surface area (Å²) in [5.74, 6) is -7.58. The van der Waals surface area contributed by atoms with Gasteiger partial charge in [-0.3, -0.25) is 28.8 Å². The van der Waals surface area contributed by atoms with E-state index in [9.17, 15) is 43.8 Å². The summed E-state index contributed by atoms with van der Waals surface area (Å²) < 4.78 is 0. The molecule has 0 aliphatic carbocycles. The van der Waals surface area contributed by atoms with Gasteiger partial charge in [0.15, 0.2) is 0 Å². The van der Waals surface area contributed by atoms with Crippen molar-refractivity contribution >= 4 is 41.5 Å². The van der Waals surface area contributed by atoms with E-state index in [2.05, 4.69) is 10.6 Å². The summed E-state index contributed by atoms with van der Waals surface area (Å²) >= 11 is 0. The number of carbonyl (C=O) groups is 7. The number of aromatic hydroxyl groups is 1. The van der Waals surface area contributed by atoms with Gasteiger partial charge in [-0.2, -0.15) is 0 Å². The highest BCUT2D eigenvalue weighted by molar-refractivity contribution is 5.95. The summed E-state index contributed by atoms with van der Waals surface area (Å²) in [5, 5.41) is 34.5. The van der Waals surface area contributed by atoms with Crippen LogP contribution in [-0.4, -0.2) is 81.0 Å². The molecule has 1 rings (SSSR count). The first-order chi connectivity index (χ1) is 18.2. The minimum Gasteiger partial charge on any atom is -0.508 e. The van der Waals surface area contributed by atoms with E-state index >= 15 is 0 Å². The van der Waals surface area contributed by atoms with E-state index in [1.807, 2.05) is 5.32 Å². The summed E-state index contributed by atoms with van der Waals surface area (Å²) in [5.41, 5.74) is 16.3. The molecule has 0 aliphatic heterocycles. The number of phenols is 1. The Labute approximate surface area is 222 Å². The van der Waals surface area contributed by atoms with Gasteiger partial charge in [0.1, 0.15) is 23.9 Å². The number of nitrogens with two attached hydrogens (primary N) is 3. The Hall–Kier alpha value is -4.73. The molecule has 0 fully saturated rings. The number of aliphatic carboxylic acids is 2. The van der Waals surface area contributed by atoms with Gasteiger partial charge in [0.2, 0.25) is 29.5 Å². The van der Waals surface area contributed by atoms with Crippen LogP contribution in [0.4, 0.5) is 0 Å². The van der Waals surface area contributed by atoms with Crippen LogP contribution in [0.25, 0.3) is 0 Å². The van der Waals surface area contributed by atoms with Crippen LogP contribution in [-0.2, 0) is 40.0 Å². The van der Waals surface area contributed by atoms with E-state index in [1.54, 1.807) is 0 Å². The van der Waals surface area contributed by atoms with Gasteiger partial charge >= 0.3 is 11.9 Å². The van der Waals surface area contributed by atoms with Crippen LogP contribution < -0.4 is 33.2 Å². The number of hydrogen-bond acceptors (Lipinski definition) is 9. The Morgan fingerprint density at radius 3 is 1.77 bits per heavy atom. The van der Waals surface area contributed by atoms with Gasteiger partial charge in [0.05, 0.1) is 12.5 Å². The number of primary amides is 2. The average molecular weight is 553 g/mol.